The van der Waals surface area contributed by atoms with Crippen LogP contribution in [0.15, 0.2) is 23.2 Å². The molecule has 0 aromatic heterocycles. The summed E-state index contributed by atoms with van der Waals surface area (Å²) in [7, 11) is 0. The Morgan fingerprint density at radius 1 is 1.29 bits per heavy atom. The zero-order chi connectivity index (χ0) is 20.4. The van der Waals surface area contributed by atoms with Gasteiger partial charge in [-0.05, 0) is 51.2 Å². The van der Waals surface area contributed by atoms with Crippen LogP contribution in [-0.2, 0) is 11.3 Å². The highest BCUT2D eigenvalue weighted by Crippen LogP contribution is 2.23. The fourth-order valence-electron chi connectivity index (χ4n) is 3.14. The number of ether oxygens (including phenoxy) is 2. The summed E-state index contributed by atoms with van der Waals surface area (Å²) in [5, 5.41) is 17.0. The number of hydrogen-bond acceptors (Lipinski definition) is 4. The van der Waals surface area contributed by atoms with E-state index in [2.05, 4.69) is 35.8 Å². The lowest BCUT2D eigenvalue weighted by molar-refractivity contribution is 0.0367. The predicted octanol–water partition coefficient (Wildman–Crippen LogP) is 3.16. The van der Waals surface area contributed by atoms with Crippen LogP contribution in [0.25, 0.3) is 0 Å². The third-order valence-corrected chi connectivity index (χ3v) is 5.32. The van der Waals surface area contributed by atoms with Gasteiger partial charge in [0.25, 0.3) is 0 Å². The van der Waals surface area contributed by atoms with Crippen molar-refractivity contribution in [3.63, 3.8) is 0 Å². The summed E-state index contributed by atoms with van der Waals surface area (Å²) in [6, 6.07) is 6.21. The summed E-state index contributed by atoms with van der Waals surface area (Å²) in [4.78, 5) is 4.70. The van der Waals surface area contributed by atoms with Gasteiger partial charge >= 0.3 is 0 Å². The quantitative estimate of drug-likeness (QED) is 0.422. The second-order valence-electron chi connectivity index (χ2n) is 7.54. The molecule has 1 aliphatic heterocycles. The number of benzene rings is 1. The molecule has 0 aliphatic carbocycles. The van der Waals surface area contributed by atoms with E-state index >= 15 is 0 Å². The smallest absolute Gasteiger partial charge is 0.191 e. The van der Waals surface area contributed by atoms with E-state index in [4.69, 9.17) is 14.5 Å². The molecule has 158 valence electrons. The number of aliphatic hydroxyl groups is 1. The molecular weight excluding hydrogens is 354 g/mol. The van der Waals surface area contributed by atoms with Gasteiger partial charge in [0.1, 0.15) is 12.4 Å². The number of hydrogen-bond donors (Lipinski definition) is 3. The van der Waals surface area contributed by atoms with E-state index in [1.807, 2.05) is 20.8 Å². The number of rotatable bonds is 10. The molecule has 1 aromatic rings. The summed E-state index contributed by atoms with van der Waals surface area (Å²) in [6.45, 7) is 11.3. The zero-order valence-corrected chi connectivity index (χ0v) is 17.9. The first kappa shape index (κ1) is 22.5. The van der Waals surface area contributed by atoms with Crippen LogP contribution in [0.1, 0.15) is 57.6 Å². The van der Waals surface area contributed by atoms with E-state index in [0.29, 0.717) is 38.5 Å². The first-order valence-corrected chi connectivity index (χ1v) is 10.6. The van der Waals surface area contributed by atoms with Crippen molar-refractivity contribution in [1.29, 1.82) is 0 Å². The number of aliphatic imine (C=N–C) groups is 1. The Bertz CT molecular complexity index is 623. The van der Waals surface area contributed by atoms with Crippen molar-refractivity contribution < 1.29 is 14.6 Å². The highest BCUT2D eigenvalue weighted by molar-refractivity contribution is 5.79. The maximum atomic E-state index is 10.5. The van der Waals surface area contributed by atoms with Crippen molar-refractivity contribution >= 4 is 5.96 Å². The summed E-state index contributed by atoms with van der Waals surface area (Å²) in [5.41, 5.74) is 1.49. The van der Waals surface area contributed by atoms with Crippen LogP contribution >= 0.6 is 0 Å². The fourth-order valence-corrected chi connectivity index (χ4v) is 3.14. The molecule has 0 bridgehead atoms. The van der Waals surface area contributed by atoms with E-state index in [0.717, 1.165) is 42.9 Å². The molecule has 1 heterocycles. The van der Waals surface area contributed by atoms with Crippen LogP contribution in [0.4, 0.5) is 0 Å². The van der Waals surface area contributed by atoms with Crippen molar-refractivity contribution in [3.8, 4) is 5.75 Å². The molecule has 1 atom stereocenters. The molecule has 6 nitrogen and oxygen atoms in total. The molecular formula is C22H37N3O3. The molecule has 1 unspecified atom stereocenters. The van der Waals surface area contributed by atoms with Gasteiger partial charge in [0, 0.05) is 25.3 Å². The topological polar surface area (TPSA) is 75.1 Å². The Labute approximate surface area is 169 Å². The molecule has 1 fully saturated rings. The minimum atomic E-state index is -0.713. The predicted molar refractivity (Wildman–Crippen MR) is 114 cm³/mol. The monoisotopic (exact) mass is 391 g/mol. The maximum Gasteiger partial charge on any atom is 0.191 e. The maximum absolute atomic E-state index is 10.5. The highest BCUT2D eigenvalue weighted by Gasteiger charge is 2.22. The Kier molecular flexibility index (Phi) is 9.06. The van der Waals surface area contributed by atoms with E-state index in [1.165, 1.54) is 0 Å². The average molecular weight is 392 g/mol. The van der Waals surface area contributed by atoms with Crippen LogP contribution in [0, 0.1) is 6.92 Å². The van der Waals surface area contributed by atoms with Gasteiger partial charge in [0.05, 0.1) is 18.2 Å². The summed E-state index contributed by atoms with van der Waals surface area (Å²) >= 11 is 0. The van der Waals surface area contributed by atoms with Crippen LogP contribution in [-0.4, -0.2) is 49.1 Å². The minimum Gasteiger partial charge on any atom is -0.491 e. The molecule has 3 N–H and O–H groups in total. The Hall–Kier alpha value is -1.79. The van der Waals surface area contributed by atoms with Crippen molar-refractivity contribution in [2.24, 2.45) is 4.99 Å². The molecule has 1 aliphatic rings. The van der Waals surface area contributed by atoms with Gasteiger partial charge in [-0.3, -0.25) is 0 Å². The second kappa shape index (κ2) is 11.3. The Morgan fingerprint density at radius 3 is 2.71 bits per heavy atom. The lowest BCUT2D eigenvalue weighted by Crippen LogP contribution is -2.46. The van der Waals surface area contributed by atoms with Crippen molar-refractivity contribution in [2.45, 2.75) is 71.6 Å². The van der Waals surface area contributed by atoms with Crippen molar-refractivity contribution in [3.05, 3.63) is 29.3 Å². The standard InChI is InChI=1S/C22H37N3O3/c1-5-22(26,6-2)16-25-21(23-7-3)24-14-18-11-10-17(4)13-20(18)28-15-19-9-8-12-27-19/h10-11,13,19,26H,5-9,12,14-16H2,1-4H3,(H2,23,24,25). The molecule has 0 amide bonds. The zero-order valence-electron chi connectivity index (χ0n) is 17.9. The van der Waals surface area contributed by atoms with Crippen molar-refractivity contribution in [1.82, 2.24) is 10.6 Å². The molecule has 6 heteroatoms. The van der Waals surface area contributed by atoms with Gasteiger partial charge < -0.3 is 25.2 Å². The average Bonchev–Trinajstić information content (AvgIpc) is 3.23. The third-order valence-electron chi connectivity index (χ3n) is 5.32. The van der Waals surface area contributed by atoms with Crippen LogP contribution in [0.5, 0.6) is 5.75 Å². The first-order valence-electron chi connectivity index (χ1n) is 10.6. The van der Waals surface area contributed by atoms with Gasteiger partial charge in [-0.1, -0.05) is 26.0 Å². The van der Waals surface area contributed by atoms with E-state index in [9.17, 15) is 5.11 Å². The highest BCUT2D eigenvalue weighted by atomic mass is 16.5. The van der Waals surface area contributed by atoms with Crippen LogP contribution < -0.4 is 15.4 Å². The summed E-state index contributed by atoms with van der Waals surface area (Å²) in [6.07, 6.45) is 3.77. The van der Waals surface area contributed by atoms with Crippen LogP contribution in [0.2, 0.25) is 0 Å². The molecule has 2 rings (SSSR count). The minimum absolute atomic E-state index is 0.191. The molecule has 0 spiro atoms. The Morgan fingerprint density at radius 2 is 2.07 bits per heavy atom. The van der Waals surface area contributed by atoms with Gasteiger partial charge in [-0.25, -0.2) is 4.99 Å². The molecule has 1 aromatic carbocycles. The second-order valence-corrected chi connectivity index (χ2v) is 7.54. The lowest BCUT2D eigenvalue weighted by atomic mass is 9.98. The van der Waals surface area contributed by atoms with Gasteiger partial charge in [-0.15, -0.1) is 0 Å². The lowest BCUT2D eigenvalue weighted by Gasteiger charge is -2.26. The van der Waals surface area contributed by atoms with E-state index in [-0.39, 0.29) is 6.10 Å². The molecule has 0 radical (unpaired) electrons. The summed E-state index contributed by atoms with van der Waals surface area (Å²) in [5.74, 6) is 1.57. The molecule has 1 saturated heterocycles. The fraction of sp³-hybridized carbons (Fsp3) is 0.682. The van der Waals surface area contributed by atoms with Gasteiger partial charge in [-0.2, -0.15) is 0 Å². The molecule has 28 heavy (non-hydrogen) atoms. The Balaban J connectivity index is 2.03. The normalized spacial score (nSPS) is 17.6. The summed E-state index contributed by atoms with van der Waals surface area (Å²) < 4.78 is 11.7. The van der Waals surface area contributed by atoms with Gasteiger partial charge in [0.15, 0.2) is 5.96 Å². The number of aryl methyl sites for hydroxylation is 1. The largest absolute Gasteiger partial charge is 0.491 e. The number of nitrogens with one attached hydrogen (secondary N) is 2. The van der Waals surface area contributed by atoms with Crippen LogP contribution in [0.3, 0.4) is 0 Å². The number of guanidine groups is 1. The van der Waals surface area contributed by atoms with E-state index < -0.39 is 5.60 Å². The first-order chi connectivity index (χ1) is 13.5. The van der Waals surface area contributed by atoms with E-state index in [1.54, 1.807) is 0 Å². The third kappa shape index (κ3) is 6.99. The number of nitrogens with zero attached hydrogens (tertiary/aromatic N) is 1. The molecule has 0 saturated carbocycles. The van der Waals surface area contributed by atoms with Crippen molar-refractivity contribution in [2.75, 3.05) is 26.3 Å². The van der Waals surface area contributed by atoms with Gasteiger partial charge in [0.2, 0.25) is 0 Å². The SMILES string of the molecule is CCNC(=NCc1ccc(C)cc1OCC1CCCO1)NCC(O)(CC)CC.